The van der Waals surface area contributed by atoms with Gasteiger partial charge in [0.1, 0.15) is 11.9 Å². The lowest BCUT2D eigenvalue weighted by atomic mass is 9.77. The number of nitrogens with zero attached hydrogens (tertiary/aromatic N) is 2. The number of thiazole rings is 1. The zero-order valence-electron chi connectivity index (χ0n) is 14.7. The number of aromatic nitrogens is 1. The first-order chi connectivity index (χ1) is 12.5. The average molecular weight is 376 g/mol. The molecule has 2 fully saturated rings. The first kappa shape index (κ1) is 18.7. The van der Waals surface area contributed by atoms with E-state index in [9.17, 15) is 14.7 Å². The van der Waals surface area contributed by atoms with Crippen LogP contribution in [-0.2, 0) is 4.79 Å². The van der Waals surface area contributed by atoms with E-state index in [1.54, 1.807) is 10.3 Å². The third-order valence-electron chi connectivity index (χ3n) is 5.46. The van der Waals surface area contributed by atoms with Crippen molar-refractivity contribution in [2.24, 2.45) is 5.41 Å². The lowest BCUT2D eigenvalue weighted by Gasteiger charge is -2.40. The molecule has 0 unspecified atom stereocenters. The standard InChI is InChI=1S/C18H24N4O3S/c1-2-15-20-14(12-26-15)21-17(25)19-13(11-23)16(24)22-9-7-18(8-10-22)5-3-4-6-18/h1,12-13,23H,3-11H2,(H2,19,21,25)/t13-/m1/s1. The number of carbonyl (C=O) groups excluding carboxylic acids is 2. The Bertz CT molecular complexity index is 696. The molecule has 3 amide bonds. The summed E-state index contributed by atoms with van der Waals surface area (Å²) in [6.45, 7) is 0.938. The Morgan fingerprint density at radius 3 is 2.62 bits per heavy atom. The first-order valence-corrected chi connectivity index (χ1v) is 9.82. The summed E-state index contributed by atoms with van der Waals surface area (Å²) in [6.07, 6.45) is 12.4. The van der Waals surface area contributed by atoms with Gasteiger partial charge in [-0.2, -0.15) is 0 Å². The van der Waals surface area contributed by atoms with Gasteiger partial charge in [-0.3, -0.25) is 10.1 Å². The van der Waals surface area contributed by atoms with Gasteiger partial charge in [0, 0.05) is 18.5 Å². The van der Waals surface area contributed by atoms with Crippen molar-refractivity contribution in [2.75, 3.05) is 25.0 Å². The minimum Gasteiger partial charge on any atom is -0.394 e. The zero-order chi connectivity index (χ0) is 18.6. The molecule has 8 heteroatoms. The molecule has 1 aliphatic carbocycles. The Labute approximate surface area is 157 Å². The summed E-state index contributed by atoms with van der Waals surface area (Å²) >= 11 is 1.24. The second-order valence-corrected chi connectivity index (χ2v) is 7.91. The third-order valence-corrected chi connectivity index (χ3v) is 6.23. The fourth-order valence-electron chi connectivity index (χ4n) is 3.94. The number of carbonyl (C=O) groups is 2. The van der Waals surface area contributed by atoms with Crippen molar-refractivity contribution < 1.29 is 14.7 Å². The van der Waals surface area contributed by atoms with Crippen LogP contribution in [0.5, 0.6) is 0 Å². The van der Waals surface area contributed by atoms with Crippen LogP contribution >= 0.6 is 11.3 Å². The number of hydrogen-bond acceptors (Lipinski definition) is 5. The molecule has 1 spiro atoms. The molecule has 2 aliphatic rings. The van der Waals surface area contributed by atoms with Gasteiger partial charge in [0.25, 0.3) is 0 Å². The van der Waals surface area contributed by atoms with Crippen molar-refractivity contribution in [3.05, 3.63) is 10.4 Å². The highest BCUT2D eigenvalue weighted by Crippen LogP contribution is 2.46. The molecule has 1 aromatic heterocycles. The molecule has 140 valence electrons. The Kier molecular flexibility index (Phi) is 5.79. The summed E-state index contributed by atoms with van der Waals surface area (Å²) in [5, 5.41) is 16.7. The Morgan fingerprint density at radius 2 is 2.04 bits per heavy atom. The van der Waals surface area contributed by atoms with Crippen LogP contribution in [0, 0.1) is 17.8 Å². The van der Waals surface area contributed by atoms with E-state index in [1.807, 2.05) is 0 Å². The number of amides is 3. The van der Waals surface area contributed by atoms with Gasteiger partial charge in [0.05, 0.1) is 6.61 Å². The van der Waals surface area contributed by atoms with Crippen LogP contribution in [0.3, 0.4) is 0 Å². The van der Waals surface area contributed by atoms with E-state index in [1.165, 1.54) is 37.0 Å². The molecule has 0 aromatic carbocycles. The van der Waals surface area contributed by atoms with Gasteiger partial charge in [0.2, 0.25) is 5.91 Å². The Balaban J connectivity index is 1.52. The summed E-state index contributed by atoms with van der Waals surface area (Å²) in [6, 6.07) is -1.55. The van der Waals surface area contributed by atoms with Gasteiger partial charge in [-0.25, -0.2) is 9.78 Å². The maximum Gasteiger partial charge on any atom is 0.321 e. The molecule has 3 N–H and O–H groups in total. The molecule has 3 rings (SSSR count). The van der Waals surface area contributed by atoms with Crippen LogP contribution in [0.25, 0.3) is 0 Å². The number of nitrogens with one attached hydrogen (secondary N) is 2. The quantitative estimate of drug-likeness (QED) is 0.698. The van der Waals surface area contributed by atoms with Crippen LogP contribution in [-0.4, -0.2) is 52.7 Å². The minimum absolute atomic E-state index is 0.238. The predicted molar refractivity (Wildman–Crippen MR) is 99.8 cm³/mol. The number of anilines is 1. The maximum atomic E-state index is 12.7. The van der Waals surface area contributed by atoms with Crippen molar-refractivity contribution in [3.63, 3.8) is 0 Å². The summed E-state index contributed by atoms with van der Waals surface area (Å²) in [4.78, 5) is 30.5. The van der Waals surface area contributed by atoms with Crippen LogP contribution in [0.1, 0.15) is 43.5 Å². The SMILES string of the molecule is C#Cc1nc(NC(=O)N[C@H](CO)C(=O)N2CCC3(CCCC3)CC2)cs1. The van der Waals surface area contributed by atoms with Crippen LogP contribution in [0.4, 0.5) is 10.6 Å². The number of rotatable bonds is 4. The summed E-state index contributed by atoms with van der Waals surface area (Å²) in [5.74, 6) is 2.48. The molecular formula is C18H24N4O3S. The van der Waals surface area contributed by atoms with Crippen LogP contribution < -0.4 is 10.6 Å². The fraction of sp³-hybridized carbons (Fsp3) is 0.611. The molecule has 26 heavy (non-hydrogen) atoms. The van der Waals surface area contributed by atoms with Crippen LogP contribution in [0.2, 0.25) is 0 Å². The predicted octanol–water partition coefficient (Wildman–Crippen LogP) is 1.79. The number of terminal acetylenes is 1. The average Bonchev–Trinajstić information content (AvgIpc) is 3.29. The molecular weight excluding hydrogens is 352 g/mol. The molecule has 0 radical (unpaired) electrons. The maximum absolute atomic E-state index is 12.7. The van der Waals surface area contributed by atoms with Gasteiger partial charge < -0.3 is 15.3 Å². The Morgan fingerprint density at radius 1 is 1.35 bits per heavy atom. The molecule has 0 bridgehead atoms. The number of hydrogen-bond donors (Lipinski definition) is 3. The van der Waals surface area contributed by atoms with Crippen molar-refractivity contribution in [3.8, 4) is 12.3 Å². The highest BCUT2D eigenvalue weighted by molar-refractivity contribution is 7.10. The number of aliphatic hydroxyl groups excluding tert-OH is 1. The number of urea groups is 1. The second kappa shape index (κ2) is 8.06. The van der Waals surface area contributed by atoms with E-state index in [2.05, 4.69) is 21.5 Å². The topological polar surface area (TPSA) is 94.6 Å². The molecule has 1 saturated carbocycles. The third kappa shape index (κ3) is 4.17. The fourth-order valence-corrected chi connectivity index (χ4v) is 4.49. The van der Waals surface area contributed by atoms with E-state index in [-0.39, 0.29) is 5.91 Å². The van der Waals surface area contributed by atoms with E-state index in [4.69, 9.17) is 6.42 Å². The van der Waals surface area contributed by atoms with Gasteiger partial charge >= 0.3 is 6.03 Å². The van der Waals surface area contributed by atoms with Gasteiger partial charge in [0.15, 0.2) is 5.01 Å². The first-order valence-electron chi connectivity index (χ1n) is 8.94. The summed E-state index contributed by atoms with van der Waals surface area (Å²) < 4.78 is 0. The highest BCUT2D eigenvalue weighted by atomic mass is 32.1. The second-order valence-electron chi connectivity index (χ2n) is 7.05. The van der Waals surface area contributed by atoms with E-state index < -0.39 is 18.7 Å². The highest BCUT2D eigenvalue weighted by Gasteiger charge is 2.39. The lowest BCUT2D eigenvalue weighted by Crippen LogP contribution is -2.54. The van der Waals surface area contributed by atoms with Crippen molar-refractivity contribution in [1.29, 1.82) is 0 Å². The Hall–Kier alpha value is -2.11. The molecule has 1 atom stereocenters. The normalized spacial score (nSPS) is 19.8. The largest absolute Gasteiger partial charge is 0.394 e. The van der Waals surface area contributed by atoms with Crippen LogP contribution in [0.15, 0.2) is 5.38 Å². The van der Waals surface area contributed by atoms with Crippen molar-refractivity contribution >= 4 is 29.1 Å². The molecule has 1 aromatic rings. The van der Waals surface area contributed by atoms with Crippen molar-refractivity contribution in [1.82, 2.24) is 15.2 Å². The smallest absolute Gasteiger partial charge is 0.321 e. The monoisotopic (exact) mass is 376 g/mol. The molecule has 7 nitrogen and oxygen atoms in total. The van der Waals surface area contributed by atoms with E-state index in [0.717, 1.165) is 12.8 Å². The number of likely N-dealkylation sites (tertiary alicyclic amines) is 1. The van der Waals surface area contributed by atoms with E-state index in [0.29, 0.717) is 29.3 Å². The number of aliphatic hydroxyl groups is 1. The van der Waals surface area contributed by atoms with Gasteiger partial charge in [-0.1, -0.05) is 12.8 Å². The zero-order valence-corrected chi connectivity index (χ0v) is 15.5. The number of piperidine rings is 1. The molecule has 1 saturated heterocycles. The summed E-state index contributed by atoms with van der Waals surface area (Å²) in [7, 11) is 0. The molecule has 2 heterocycles. The summed E-state index contributed by atoms with van der Waals surface area (Å²) in [5.41, 5.74) is 0.412. The van der Waals surface area contributed by atoms with Gasteiger partial charge in [-0.05, 0) is 37.0 Å². The molecule has 1 aliphatic heterocycles. The lowest BCUT2D eigenvalue weighted by molar-refractivity contribution is -0.136. The van der Waals surface area contributed by atoms with Gasteiger partial charge in [-0.15, -0.1) is 17.8 Å². The minimum atomic E-state index is -0.960. The van der Waals surface area contributed by atoms with Crippen molar-refractivity contribution in [2.45, 2.75) is 44.6 Å². The van der Waals surface area contributed by atoms with E-state index >= 15 is 0 Å².